The maximum atomic E-state index is 12.6. The smallest absolute Gasteiger partial charge is 0.448 e. The summed E-state index contributed by atoms with van der Waals surface area (Å²) in [7, 11) is 0. The molecule has 0 saturated heterocycles. The second-order valence-electron chi connectivity index (χ2n) is 3.47. The maximum absolute atomic E-state index is 12.6. The number of hydrogen-bond donors (Lipinski definition) is 1. The molecule has 1 atom stereocenters. The Labute approximate surface area is 102 Å². The Balaban J connectivity index is 4.14. The Kier molecular flexibility index (Phi) is 5.36. The van der Waals surface area contributed by atoms with E-state index in [2.05, 4.69) is 11.3 Å². The van der Waals surface area contributed by atoms with Crippen LogP contribution in [0.15, 0.2) is 12.2 Å². The van der Waals surface area contributed by atoms with E-state index in [0.29, 0.717) is 0 Å². The fraction of sp³-hybridized carbons (Fsp3) is 0.667. The maximum Gasteiger partial charge on any atom is 0.448 e. The normalized spacial score (nSPS) is 15.8. The lowest BCUT2D eigenvalue weighted by molar-refractivity contribution is -0.317. The van der Waals surface area contributed by atoms with Gasteiger partial charge in [-0.3, -0.25) is 0 Å². The third-order valence-electron chi connectivity index (χ3n) is 1.91. The minimum absolute atomic E-state index is 0.816. The Bertz CT molecular complexity index is 343. The van der Waals surface area contributed by atoms with Crippen LogP contribution in [-0.4, -0.2) is 35.9 Å². The molecule has 0 spiro atoms. The molecule has 0 aromatic heterocycles. The summed E-state index contributed by atoms with van der Waals surface area (Å²) in [6.07, 6.45) is -12.8. The molecule has 0 aliphatic carbocycles. The Morgan fingerprint density at radius 3 is 1.95 bits per heavy atom. The molecule has 10 heteroatoms. The minimum atomic E-state index is -5.54. The van der Waals surface area contributed by atoms with Gasteiger partial charge in [0, 0.05) is 6.42 Å². The zero-order valence-electron chi connectivity index (χ0n) is 9.24. The van der Waals surface area contributed by atoms with Gasteiger partial charge in [-0.25, -0.2) is 9.18 Å². The molecule has 0 heterocycles. The van der Waals surface area contributed by atoms with E-state index in [4.69, 9.17) is 5.11 Å². The van der Waals surface area contributed by atoms with Crippen LogP contribution in [0.4, 0.5) is 30.7 Å². The molecule has 3 nitrogen and oxygen atoms in total. The van der Waals surface area contributed by atoms with Gasteiger partial charge in [0.25, 0.3) is 0 Å². The number of ether oxygens (including phenoxy) is 1. The van der Waals surface area contributed by atoms with Crippen molar-refractivity contribution in [2.45, 2.75) is 31.0 Å². The summed E-state index contributed by atoms with van der Waals surface area (Å²) >= 11 is 0. The van der Waals surface area contributed by atoms with E-state index in [1.54, 1.807) is 0 Å². The van der Waals surface area contributed by atoms with Crippen LogP contribution in [0.1, 0.15) is 12.8 Å². The van der Waals surface area contributed by atoms with Crippen LogP contribution in [0.25, 0.3) is 0 Å². The highest BCUT2D eigenvalue weighted by Crippen LogP contribution is 2.35. The van der Waals surface area contributed by atoms with Crippen molar-refractivity contribution in [1.29, 1.82) is 0 Å². The second kappa shape index (κ2) is 5.76. The Morgan fingerprint density at radius 2 is 1.58 bits per heavy atom. The molecule has 0 bridgehead atoms. The van der Waals surface area contributed by atoms with Gasteiger partial charge in [0.05, 0.1) is 6.61 Å². The van der Waals surface area contributed by atoms with E-state index in [0.717, 1.165) is 0 Å². The average Bonchev–Trinajstić information content (AvgIpc) is 2.20. The first-order valence-electron chi connectivity index (χ1n) is 4.70. The first kappa shape index (κ1) is 17.7. The standard InChI is InChI=1S/C9H9F7O3/c1-5(8(11,12)13)6(17)19-4-2-3-7(10,18)9(14,15)16/h18H,1-4H2. The number of carbonyl (C=O) groups is 1. The summed E-state index contributed by atoms with van der Waals surface area (Å²) in [4.78, 5) is 10.7. The molecule has 0 amide bonds. The quantitative estimate of drug-likeness (QED) is 0.367. The number of rotatable bonds is 5. The van der Waals surface area contributed by atoms with Crippen molar-refractivity contribution >= 4 is 5.97 Å². The summed E-state index contributed by atoms with van der Waals surface area (Å²) in [6, 6.07) is 0. The van der Waals surface area contributed by atoms with Crippen molar-refractivity contribution in [3.8, 4) is 0 Å². The van der Waals surface area contributed by atoms with Crippen LogP contribution in [0.3, 0.4) is 0 Å². The molecular formula is C9H9F7O3. The summed E-state index contributed by atoms with van der Waals surface area (Å²) in [5.41, 5.74) is -1.83. The van der Waals surface area contributed by atoms with Gasteiger partial charge in [-0.2, -0.15) is 26.3 Å². The number of carbonyl (C=O) groups excluding carboxylic acids is 1. The average molecular weight is 298 g/mol. The van der Waals surface area contributed by atoms with Crippen LogP contribution in [0.2, 0.25) is 0 Å². The lowest BCUT2D eigenvalue weighted by atomic mass is 10.1. The highest BCUT2D eigenvalue weighted by molar-refractivity contribution is 5.89. The molecule has 1 unspecified atom stereocenters. The third-order valence-corrected chi connectivity index (χ3v) is 1.91. The van der Waals surface area contributed by atoms with Crippen LogP contribution in [0.5, 0.6) is 0 Å². The topological polar surface area (TPSA) is 46.5 Å². The molecule has 19 heavy (non-hydrogen) atoms. The first-order valence-corrected chi connectivity index (χ1v) is 4.70. The van der Waals surface area contributed by atoms with Gasteiger partial charge >= 0.3 is 24.2 Å². The summed E-state index contributed by atoms with van der Waals surface area (Å²) in [6.45, 7) is 1.47. The summed E-state index contributed by atoms with van der Waals surface area (Å²) in [5.74, 6) is -6.36. The number of hydrogen-bond acceptors (Lipinski definition) is 3. The van der Waals surface area contributed by atoms with Crippen molar-refractivity contribution in [2.24, 2.45) is 0 Å². The summed E-state index contributed by atoms with van der Waals surface area (Å²) < 4.78 is 87.6. The van der Waals surface area contributed by atoms with E-state index in [1.165, 1.54) is 0 Å². The lowest BCUT2D eigenvalue weighted by Crippen LogP contribution is -2.40. The molecule has 0 aliphatic rings. The van der Waals surface area contributed by atoms with Crippen molar-refractivity contribution < 1.29 is 45.4 Å². The van der Waals surface area contributed by atoms with Crippen molar-refractivity contribution in [1.82, 2.24) is 0 Å². The van der Waals surface area contributed by atoms with Gasteiger partial charge in [0.1, 0.15) is 5.57 Å². The lowest BCUT2D eigenvalue weighted by Gasteiger charge is -2.21. The molecular weight excluding hydrogens is 289 g/mol. The van der Waals surface area contributed by atoms with Crippen molar-refractivity contribution in [3.05, 3.63) is 12.2 Å². The second-order valence-corrected chi connectivity index (χ2v) is 3.47. The van der Waals surface area contributed by atoms with Crippen LogP contribution < -0.4 is 0 Å². The highest BCUT2D eigenvalue weighted by atomic mass is 19.4. The fourth-order valence-electron chi connectivity index (χ4n) is 0.816. The van der Waals surface area contributed by atoms with Crippen LogP contribution >= 0.6 is 0 Å². The molecule has 112 valence electrons. The molecule has 0 fully saturated rings. The van der Waals surface area contributed by atoms with E-state index in [9.17, 15) is 35.5 Å². The molecule has 0 aliphatic heterocycles. The Hall–Kier alpha value is -1.32. The van der Waals surface area contributed by atoms with Crippen LogP contribution in [0, 0.1) is 0 Å². The van der Waals surface area contributed by atoms with Gasteiger partial charge in [-0.1, -0.05) is 6.58 Å². The number of aliphatic hydroxyl groups is 1. The molecule has 0 rings (SSSR count). The summed E-state index contributed by atoms with van der Waals surface area (Å²) in [5, 5.41) is 8.32. The van der Waals surface area contributed by atoms with Gasteiger partial charge in [-0.15, -0.1) is 0 Å². The predicted octanol–water partition coefficient (Wildman–Crippen LogP) is 2.65. The molecule has 0 radical (unpaired) electrons. The minimum Gasteiger partial charge on any atom is -0.462 e. The van der Waals surface area contributed by atoms with E-state index >= 15 is 0 Å². The molecule has 0 saturated carbocycles. The van der Waals surface area contributed by atoms with Gasteiger partial charge in [0.2, 0.25) is 0 Å². The van der Waals surface area contributed by atoms with E-state index < -0.39 is 49.2 Å². The third kappa shape index (κ3) is 5.45. The van der Waals surface area contributed by atoms with Crippen molar-refractivity contribution in [2.75, 3.05) is 6.61 Å². The predicted molar refractivity (Wildman–Crippen MR) is 47.5 cm³/mol. The fourth-order valence-corrected chi connectivity index (χ4v) is 0.816. The SMILES string of the molecule is C=C(C(=O)OCCCC(O)(F)C(F)(F)F)C(F)(F)F. The molecule has 1 N–H and O–H groups in total. The number of alkyl halides is 7. The van der Waals surface area contributed by atoms with Gasteiger partial charge in [0.15, 0.2) is 0 Å². The van der Waals surface area contributed by atoms with E-state index in [-0.39, 0.29) is 0 Å². The Morgan fingerprint density at radius 1 is 1.11 bits per heavy atom. The molecule has 0 aromatic carbocycles. The van der Waals surface area contributed by atoms with Gasteiger partial charge < -0.3 is 9.84 Å². The largest absolute Gasteiger partial charge is 0.462 e. The zero-order valence-corrected chi connectivity index (χ0v) is 9.24. The number of halogens is 7. The zero-order chi connectivity index (χ0) is 15.5. The van der Waals surface area contributed by atoms with Gasteiger partial charge in [-0.05, 0) is 6.42 Å². The van der Waals surface area contributed by atoms with Crippen molar-refractivity contribution in [3.63, 3.8) is 0 Å². The molecule has 0 aromatic rings. The first-order chi connectivity index (χ1) is 8.29. The highest BCUT2D eigenvalue weighted by Gasteiger charge is 2.54. The number of esters is 1. The van der Waals surface area contributed by atoms with E-state index in [1.807, 2.05) is 0 Å². The monoisotopic (exact) mass is 298 g/mol. The van der Waals surface area contributed by atoms with Crippen LogP contribution in [-0.2, 0) is 9.53 Å².